The van der Waals surface area contributed by atoms with Gasteiger partial charge < -0.3 is 5.32 Å². The summed E-state index contributed by atoms with van der Waals surface area (Å²) >= 11 is 5.24. The molecule has 1 aromatic carbocycles. The van der Waals surface area contributed by atoms with Crippen LogP contribution in [0.4, 0.5) is 5.82 Å². The molecule has 0 amide bonds. The number of nitrogens with zero attached hydrogens (tertiary/aromatic N) is 2. The minimum atomic E-state index is 0.855. The van der Waals surface area contributed by atoms with Gasteiger partial charge in [-0.25, -0.2) is 9.97 Å². The molecule has 0 fully saturated rings. The minimum Gasteiger partial charge on any atom is -0.369 e. The largest absolute Gasteiger partial charge is 0.369 e. The summed E-state index contributed by atoms with van der Waals surface area (Å²) in [6.45, 7) is 7.29. The molecular formula is C15H18BrN3S. The number of aryl methyl sites for hydroxylation is 2. The van der Waals surface area contributed by atoms with Crippen LogP contribution in [0.1, 0.15) is 24.5 Å². The standard InChI is InChI=1S/C15H18BrN3S/c1-4-7-17-14-13(16)15(19-9-18-14)20-12-6-5-10(2)11(3)8-12/h5-6,8-9H,4,7H2,1-3H3,(H,17,18,19). The number of aromatic nitrogens is 2. The number of nitrogens with one attached hydrogen (secondary N) is 1. The molecule has 1 N–H and O–H groups in total. The van der Waals surface area contributed by atoms with Crippen LogP contribution in [-0.2, 0) is 0 Å². The maximum absolute atomic E-state index is 4.36. The lowest BCUT2D eigenvalue weighted by atomic mass is 10.1. The first-order valence-electron chi connectivity index (χ1n) is 6.61. The van der Waals surface area contributed by atoms with Crippen LogP contribution in [0.15, 0.2) is 38.9 Å². The van der Waals surface area contributed by atoms with Gasteiger partial charge in [-0.15, -0.1) is 0 Å². The van der Waals surface area contributed by atoms with Crippen LogP contribution in [0.25, 0.3) is 0 Å². The summed E-state index contributed by atoms with van der Waals surface area (Å²) in [6.07, 6.45) is 2.67. The highest BCUT2D eigenvalue weighted by Gasteiger charge is 2.10. The predicted molar refractivity (Wildman–Crippen MR) is 88.6 cm³/mol. The molecule has 0 bridgehead atoms. The van der Waals surface area contributed by atoms with Crippen LogP contribution < -0.4 is 5.32 Å². The third-order valence-corrected chi connectivity index (χ3v) is 5.00. The van der Waals surface area contributed by atoms with Gasteiger partial charge in [0.25, 0.3) is 0 Å². The summed E-state index contributed by atoms with van der Waals surface area (Å²) in [5.41, 5.74) is 2.60. The van der Waals surface area contributed by atoms with Gasteiger partial charge in [-0.3, -0.25) is 0 Å². The zero-order valence-electron chi connectivity index (χ0n) is 11.9. The summed E-state index contributed by atoms with van der Waals surface area (Å²) in [4.78, 5) is 9.82. The fourth-order valence-electron chi connectivity index (χ4n) is 1.68. The first-order chi connectivity index (χ1) is 9.61. The van der Waals surface area contributed by atoms with Crippen molar-refractivity contribution in [2.24, 2.45) is 0 Å². The molecule has 0 saturated carbocycles. The second-order valence-electron chi connectivity index (χ2n) is 4.62. The molecule has 2 aromatic rings. The van der Waals surface area contributed by atoms with Gasteiger partial charge in [-0.05, 0) is 59.5 Å². The van der Waals surface area contributed by atoms with E-state index in [1.165, 1.54) is 16.0 Å². The maximum Gasteiger partial charge on any atom is 0.144 e. The van der Waals surface area contributed by atoms with E-state index in [1.54, 1.807) is 18.1 Å². The first kappa shape index (κ1) is 15.3. The molecule has 20 heavy (non-hydrogen) atoms. The Bertz CT molecular complexity index is 602. The van der Waals surface area contributed by atoms with E-state index in [2.05, 4.69) is 70.2 Å². The number of rotatable bonds is 5. The molecule has 0 aliphatic heterocycles. The van der Waals surface area contributed by atoms with Crippen LogP contribution in [-0.4, -0.2) is 16.5 Å². The molecule has 0 unspecified atom stereocenters. The van der Waals surface area contributed by atoms with E-state index in [0.717, 1.165) is 28.3 Å². The Kier molecular flexibility index (Phi) is 5.43. The van der Waals surface area contributed by atoms with Crippen molar-refractivity contribution >= 4 is 33.5 Å². The van der Waals surface area contributed by atoms with Gasteiger partial charge in [0.1, 0.15) is 17.2 Å². The van der Waals surface area contributed by atoms with Crippen LogP contribution in [0.5, 0.6) is 0 Å². The quantitative estimate of drug-likeness (QED) is 0.783. The van der Waals surface area contributed by atoms with E-state index in [0.29, 0.717) is 0 Å². The molecule has 0 atom stereocenters. The topological polar surface area (TPSA) is 37.8 Å². The summed E-state index contributed by atoms with van der Waals surface area (Å²) < 4.78 is 0.927. The molecule has 5 heteroatoms. The lowest BCUT2D eigenvalue weighted by molar-refractivity contribution is 0.946. The molecule has 1 heterocycles. The normalized spacial score (nSPS) is 10.6. The third-order valence-electron chi connectivity index (χ3n) is 2.99. The zero-order chi connectivity index (χ0) is 14.5. The van der Waals surface area contributed by atoms with Crippen molar-refractivity contribution in [1.82, 2.24) is 9.97 Å². The van der Waals surface area contributed by atoms with Crippen molar-refractivity contribution in [2.75, 3.05) is 11.9 Å². The molecule has 0 spiro atoms. The summed E-state index contributed by atoms with van der Waals surface area (Å²) in [6, 6.07) is 6.46. The molecule has 3 nitrogen and oxygen atoms in total. The average molecular weight is 352 g/mol. The van der Waals surface area contributed by atoms with Gasteiger partial charge in [-0.2, -0.15) is 0 Å². The van der Waals surface area contributed by atoms with Gasteiger partial charge in [0.15, 0.2) is 0 Å². The Morgan fingerprint density at radius 2 is 2.00 bits per heavy atom. The van der Waals surface area contributed by atoms with Gasteiger partial charge >= 0.3 is 0 Å². The molecule has 0 aliphatic carbocycles. The fourth-order valence-corrected chi connectivity index (χ4v) is 3.15. The smallest absolute Gasteiger partial charge is 0.144 e. The highest BCUT2D eigenvalue weighted by atomic mass is 79.9. The van der Waals surface area contributed by atoms with E-state index in [-0.39, 0.29) is 0 Å². The number of hydrogen-bond donors (Lipinski definition) is 1. The Balaban J connectivity index is 2.22. The summed E-state index contributed by atoms with van der Waals surface area (Å²) in [5, 5.41) is 4.23. The number of halogens is 1. The van der Waals surface area contributed by atoms with Crippen LogP contribution in [0.3, 0.4) is 0 Å². The molecular weight excluding hydrogens is 334 g/mol. The van der Waals surface area contributed by atoms with E-state index in [4.69, 9.17) is 0 Å². The lowest BCUT2D eigenvalue weighted by Crippen LogP contribution is -2.03. The maximum atomic E-state index is 4.36. The SMILES string of the molecule is CCCNc1ncnc(Sc2ccc(C)c(C)c2)c1Br. The average Bonchev–Trinajstić information content (AvgIpc) is 2.44. The van der Waals surface area contributed by atoms with E-state index in [9.17, 15) is 0 Å². The molecule has 0 saturated heterocycles. The summed E-state index contributed by atoms with van der Waals surface area (Å²) in [7, 11) is 0. The van der Waals surface area contributed by atoms with Crippen molar-refractivity contribution < 1.29 is 0 Å². The molecule has 106 valence electrons. The van der Waals surface area contributed by atoms with Crippen molar-refractivity contribution in [3.63, 3.8) is 0 Å². The number of hydrogen-bond acceptors (Lipinski definition) is 4. The van der Waals surface area contributed by atoms with Gasteiger partial charge in [0, 0.05) is 11.4 Å². The Morgan fingerprint density at radius 3 is 2.70 bits per heavy atom. The van der Waals surface area contributed by atoms with Crippen molar-refractivity contribution in [2.45, 2.75) is 37.1 Å². The number of anilines is 1. The van der Waals surface area contributed by atoms with Crippen LogP contribution in [0, 0.1) is 13.8 Å². The monoisotopic (exact) mass is 351 g/mol. The van der Waals surface area contributed by atoms with E-state index >= 15 is 0 Å². The van der Waals surface area contributed by atoms with Gasteiger partial charge in [0.05, 0.1) is 4.47 Å². The second-order valence-corrected chi connectivity index (χ2v) is 6.47. The van der Waals surface area contributed by atoms with Gasteiger partial charge in [0.2, 0.25) is 0 Å². The Labute approximate surface area is 132 Å². The van der Waals surface area contributed by atoms with E-state index < -0.39 is 0 Å². The predicted octanol–water partition coefficient (Wildman–Crippen LogP) is 4.83. The molecule has 0 aliphatic rings. The summed E-state index contributed by atoms with van der Waals surface area (Å²) in [5.74, 6) is 0.855. The molecule has 1 aromatic heterocycles. The zero-order valence-corrected chi connectivity index (χ0v) is 14.3. The highest BCUT2D eigenvalue weighted by molar-refractivity contribution is 9.10. The Morgan fingerprint density at radius 1 is 1.20 bits per heavy atom. The van der Waals surface area contributed by atoms with Crippen molar-refractivity contribution in [1.29, 1.82) is 0 Å². The Hall–Kier alpha value is -1.07. The molecule has 0 radical (unpaired) electrons. The second kappa shape index (κ2) is 7.09. The fraction of sp³-hybridized carbons (Fsp3) is 0.333. The van der Waals surface area contributed by atoms with Gasteiger partial charge in [-0.1, -0.05) is 24.8 Å². The lowest BCUT2D eigenvalue weighted by Gasteiger charge is -2.10. The minimum absolute atomic E-state index is 0.855. The van der Waals surface area contributed by atoms with Crippen LogP contribution >= 0.6 is 27.7 Å². The van der Waals surface area contributed by atoms with E-state index in [1.807, 2.05) is 0 Å². The van der Waals surface area contributed by atoms with Crippen molar-refractivity contribution in [3.8, 4) is 0 Å². The highest BCUT2D eigenvalue weighted by Crippen LogP contribution is 2.35. The number of benzene rings is 1. The van der Waals surface area contributed by atoms with Crippen molar-refractivity contribution in [3.05, 3.63) is 40.1 Å². The molecule has 2 rings (SSSR count). The third kappa shape index (κ3) is 3.73. The van der Waals surface area contributed by atoms with Crippen LogP contribution in [0.2, 0.25) is 0 Å². The first-order valence-corrected chi connectivity index (χ1v) is 8.22.